The first-order valence-corrected chi connectivity index (χ1v) is 4.97. The predicted octanol–water partition coefficient (Wildman–Crippen LogP) is 3.51. The molecule has 1 heteroatoms. The summed E-state index contributed by atoms with van der Waals surface area (Å²) in [7, 11) is 0. The van der Waals surface area contributed by atoms with E-state index in [4.69, 9.17) is 0 Å². The van der Waals surface area contributed by atoms with Crippen LogP contribution >= 0.6 is 0 Å². The molecule has 1 atom stereocenters. The van der Waals surface area contributed by atoms with Crippen molar-refractivity contribution in [3.05, 3.63) is 35.1 Å². The second-order valence-electron chi connectivity index (χ2n) is 4.20. The van der Waals surface area contributed by atoms with Gasteiger partial charge in [0.2, 0.25) is 0 Å². The van der Waals surface area contributed by atoms with Crippen LogP contribution < -0.4 is 0 Å². The van der Waals surface area contributed by atoms with E-state index < -0.39 is 0 Å². The Bertz CT molecular complexity index is 315. The number of rotatable bonds is 1. The maximum atomic E-state index is 13.3. The smallest absolute Gasteiger partial charge is 0.126 e. The molecule has 0 nitrogen and oxygen atoms in total. The van der Waals surface area contributed by atoms with Crippen molar-refractivity contribution in [2.75, 3.05) is 0 Å². The lowest BCUT2D eigenvalue weighted by Crippen LogP contribution is -2.02. The van der Waals surface area contributed by atoms with Crippen LogP contribution in [-0.2, 0) is 6.42 Å². The summed E-state index contributed by atoms with van der Waals surface area (Å²) in [6.07, 6.45) is 2.04. The molecule has 0 aliphatic heterocycles. The van der Waals surface area contributed by atoms with Gasteiger partial charge in [-0.2, -0.15) is 0 Å². The van der Waals surface area contributed by atoms with Crippen LogP contribution in [0.4, 0.5) is 4.39 Å². The van der Waals surface area contributed by atoms with Crippen LogP contribution in [0.1, 0.15) is 37.3 Å². The monoisotopic (exact) mass is 178 g/mol. The molecule has 1 aliphatic rings. The quantitative estimate of drug-likeness (QED) is 0.617. The third-order valence-corrected chi connectivity index (χ3v) is 3.06. The minimum Gasteiger partial charge on any atom is -0.207 e. The van der Waals surface area contributed by atoms with Gasteiger partial charge in [-0.1, -0.05) is 26.0 Å². The number of benzene rings is 1. The fourth-order valence-corrected chi connectivity index (χ4v) is 2.33. The second kappa shape index (κ2) is 3.13. The Morgan fingerprint density at radius 1 is 1.38 bits per heavy atom. The molecule has 0 radical (unpaired) electrons. The van der Waals surface area contributed by atoms with E-state index in [9.17, 15) is 4.39 Å². The Morgan fingerprint density at radius 2 is 2.15 bits per heavy atom. The molecule has 0 amide bonds. The summed E-state index contributed by atoms with van der Waals surface area (Å²) in [6.45, 7) is 4.43. The fourth-order valence-electron chi connectivity index (χ4n) is 2.33. The molecule has 0 saturated heterocycles. The van der Waals surface area contributed by atoms with Gasteiger partial charge >= 0.3 is 0 Å². The van der Waals surface area contributed by atoms with Crippen LogP contribution in [0.2, 0.25) is 0 Å². The van der Waals surface area contributed by atoms with Crippen molar-refractivity contribution in [1.82, 2.24) is 0 Å². The summed E-state index contributed by atoms with van der Waals surface area (Å²) in [5.74, 6) is 1.19. The average molecular weight is 178 g/mol. The molecule has 2 rings (SSSR count). The van der Waals surface area contributed by atoms with Gasteiger partial charge in [0.15, 0.2) is 0 Å². The zero-order valence-corrected chi connectivity index (χ0v) is 8.18. The minimum atomic E-state index is -0.0133. The Morgan fingerprint density at radius 3 is 2.85 bits per heavy atom. The van der Waals surface area contributed by atoms with Crippen LogP contribution in [0.5, 0.6) is 0 Å². The molecular formula is C12H15F. The maximum absolute atomic E-state index is 13.3. The van der Waals surface area contributed by atoms with Crippen molar-refractivity contribution in [2.24, 2.45) is 5.92 Å². The van der Waals surface area contributed by atoms with Gasteiger partial charge in [-0.15, -0.1) is 0 Å². The van der Waals surface area contributed by atoms with Crippen molar-refractivity contribution >= 4 is 0 Å². The van der Waals surface area contributed by atoms with Crippen LogP contribution in [0, 0.1) is 11.7 Å². The summed E-state index contributed by atoms with van der Waals surface area (Å²) in [5.41, 5.74) is 2.20. The van der Waals surface area contributed by atoms with E-state index in [1.807, 2.05) is 6.07 Å². The van der Waals surface area contributed by atoms with Crippen molar-refractivity contribution < 1.29 is 4.39 Å². The zero-order chi connectivity index (χ0) is 9.42. The number of fused-ring (bicyclic) bond motifs is 1. The average Bonchev–Trinajstić information content (AvgIpc) is 2.48. The summed E-state index contributed by atoms with van der Waals surface area (Å²) in [5, 5.41) is 0. The third kappa shape index (κ3) is 1.37. The number of halogens is 1. The van der Waals surface area contributed by atoms with Gasteiger partial charge in [0.1, 0.15) is 5.82 Å². The Hall–Kier alpha value is -0.850. The molecule has 0 aromatic heterocycles. The highest BCUT2D eigenvalue weighted by Gasteiger charge is 2.26. The van der Waals surface area contributed by atoms with Gasteiger partial charge in [0.05, 0.1) is 0 Å². The van der Waals surface area contributed by atoms with E-state index in [1.165, 1.54) is 5.56 Å². The highest BCUT2D eigenvalue weighted by Crippen LogP contribution is 2.38. The molecule has 0 fully saturated rings. The molecule has 0 saturated carbocycles. The number of hydrogen-bond acceptors (Lipinski definition) is 0. The van der Waals surface area contributed by atoms with Crippen LogP contribution in [0.25, 0.3) is 0 Å². The van der Waals surface area contributed by atoms with E-state index in [0.717, 1.165) is 18.4 Å². The van der Waals surface area contributed by atoms with Crippen molar-refractivity contribution in [3.8, 4) is 0 Å². The van der Waals surface area contributed by atoms with Gasteiger partial charge < -0.3 is 0 Å². The van der Waals surface area contributed by atoms with Crippen molar-refractivity contribution in [3.63, 3.8) is 0 Å². The van der Waals surface area contributed by atoms with E-state index >= 15 is 0 Å². The maximum Gasteiger partial charge on any atom is 0.126 e. The van der Waals surface area contributed by atoms with Crippen molar-refractivity contribution in [1.29, 1.82) is 0 Å². The molecule has 1 aromatic carbocycles. The van der Waals surface area contributed by atoms with E-state index in [-0.39, 0.29) is 5.82 Å². The highest BCUT2D eigenvalue weighted by molar-refractivity contribution is 5.36. The topological polar surface area (TPSA) is 0 Å². The van der Waals surface area contributed by atoms with Crippen molar-refractivity contribution in [2.45, 2.75) is 32.6 Å². The van der Waals surface area contributed by atoms with Gasteiger partial charge in [-0.3, -0.25) is 0 Å². The SMILES string of the molecule is CC(C)C1CCc2c(F)cccc21. The fraction of sp³-hybridized carbons (Fsp3) is 0.500. The molecule has 0 N–H and O–H groups in total. The lowest BCUT2D eigenvalue weighted by molar-refractivity contribution is 0.496. The van der Waals surface area contributed by atoms with Crippen LogP contribution in [-0.4, -0.2) is 0 Å². The van der Waals surface area contributed by atoms with E-state index in [2.05, 4.69) is 19.9 Å². The molecular weight excluding hydrogens is 163 g/mol. The molecule has 70 valence electrons. The largest absolute Gasteiger partial charge is 0.207 e. The summed E-state index contributed by atoms with van der Waals surface area (Å²) in [6, 6.07) is 5.48. The van der Waals surface area contributed by atoms with Gasteiger partial charge in [0, 0.05) is 0 Å². The minimum absolute atomic E-state index is 0.0133. The van der Waals surface area contributed by atoms with Crippen LogP contribution in [0.3, 0.4) is 0 Å². The molecule has 13 heavy (non-hydrogen) atoms. The van der Waals surface area contributed by atoms with E-state index in [0.29, 0.717) is 11.8 Å². The molecule has 0 bridgehead atoms. The summed E-state index contributed by atoms with van der Waals surface area (Å²) >= 11 is 0. The van der Waals surface area contributed by atoms with Crippen LogP contribution in [0.15, 0.2) is 18.2 Å². The lowest BCUT2D eigenvalue weighted by Gasteiger charge is -2.15. The molecule has 0 heterocycles. The normalized spacial score (nSPS) is 20.8. The second-order valence-corrected chi connectivity index (χ2v) is 4.20. The first-order chi connectivity index (χ1) is 6.20. The first kappa shape index (κ1) is 8.74. The van der Waals surface area contributed by atoms with Gasteiger partial charge in [0.25, 0.3) is 0 Å². The Balaban J connectivity index is 2.43. The Kier molecular flexibility index (Phi) is 2.10. The molecule has 1 aliphatic carbocycles. The van der Waals surface area contributed by atoms with E-state index in [1.54, 1.807) is 6.07 Å². The first-order valence-electron chi connectivity index (χ1n) is 4.97. The highest BCUT2D eigenvalue weighted by atomic mass is 19.1. The third-order valence-electron chi connectivity index (χ3n) is 3.06. The summed E-state index contributed by atoms with van der Waals surface area (Å²) in [4.78, 5) is 0. The number of hydrogen-bond donors (Lipinski definition) is 0. The predicted molar refractivity (Wildman–Crippen MR) is 52.3 cm³/mol. The van der Waals surface area contributed by atoms with Gasteiger partial charge in [-0.05, 0) is 41.9 Å². The standard InChI is InChI=1S/C12H15F/c1-8(2)9-6-7-11-10(9)4-3-5-12(11)13/h3-5,8-9H,6-7H2,1-2H3. The summed E-state index contributed by atoms with van der Waals surface area (Å²) < 4.78 is 13.3. The molecule has 0 spiro atoms. The Labute approximate surface area is 78.8 Å². The zero-order valence-electron chi connectivity index (χ0n) is 8.18. The van der Waals surface area contributed by atoms with Gasteiger partial charge in [-0.25, -0.2) is 4.39 Å². The molecule has 1 unspecified atom stereocenters. The lowest BCUT2D eigenvalue weighted by atomic mass is 9.90. The molecule has 1 aromatic rings.